The number of carbonyl (C=O) groups excluding carboxylic acids is 1. The Hall–Kier alpha value is -3.18. The van der Waals surface area contributed by atoms with Crippen LogP contribution in [0.3, 0.4) is 0 Å². The molecular formula is C23H21ClN4O. The van der Waals surface area contributed by atoms with Crippen molar-refractivity contribution in [2.45, 2.75) is 27.7 Å². The Bertz CT molecular complexity index is 1240. The molecule has 146 valence electrons. The number of carbonyl (C=O) groups is 1. The van der Waals surface area contributed by atoms with Crippen LogP contribution in [0.5, 0.6) is 0 Å². The highest BCUT2D eigenvalue weighted by atomic mass is 35.5. The number of pyridine rings is 1. The largest absolute Gasteiger partial charge is 0.322 e. The van der Waals surface area contributed by atoms with Crippen LogP contribution in [0.15, 0.2) is 48.5 Å². The average Bonchev–Trinajstić information content (AvgIpc) is 3.01. The Balaban J connectivity index is 1.84. The van der Waals surface area contributed by atoms with E-state index in [0.29, 0.717) is 21.9 Å². The number of aryl methyl sites for hydroxylation is 3. The topological polar surface area (TPSA) is 59.8 Å². The van der Waals surface area contributed by atoms with Crippen LogP contribution < -0.4 is 5.32 Å². The summed E-state index contributed by atoms with van der Waals surface area (Å²) in [5, 5.41) is 9.00. The van der Waals surface area contributed by atoms with Crippen molar-refractivity contribution in [1.29, 1.82) is 0 Å². The molecule has 1 N–H and O–H groups in total. The summed E-state index contributed by atoms with van der Waals surface area (Å²) in [6, 6.07) is 15.3. The molecule has 0 aliphatic rings. The number of aromatic nitrogens is 3. The van der Waals surface area contributed by atoms with E-state index in [1.54, 1.807) is 16.8 Å². The van der Waals surface area contributed by atoms with Crippen LogP contribution in [0.2, 0.25) is 5.02 Å². The molecule has 2 heterocycles. The van der Waals surface area contributed by atoms with Crippen LogP contribution in [-0.2, 0) is 0 Å². The Kier molecular flexibility index (Phi) is 4.84. The third-order valence-corrected chi connectivity index (χ3v) is 5.39. The molecule has 2 aromatic heterocycles. The number of hydrogen-bond acceptors (Lipinski definition) is 3. The van der Waals surface area contributed by atoms with Crippen molar-refractivity contribution in [3.63, 3.8) is 0 Å². The highest BCUT2D eigenvalue weighted by Gasteiger charge is 2.20. The molecule has 29 heavy (non-hydrogen) atoms. The number of nitrogens with zero attached hydrogens (tertiary/aromatic N) is 3. The van der Waals surface area contributed by atoms with Crippen molar-refractivity contribution < 1.29 is 4.79 Å². The molecule has 4 rings (SSSR count). The zero-order valence-corrected chi connectivity index (χ0v) is 17.5. The van der Waals surface area contributed by atoms with E-state index in [9.17, 15) is 4.79 Å². The minimum absolute atomic E-state index is 0.211. The van der Waals surface area contributed by atoms with Crippen molar-refractivity contribution in [2.24, 2.45) is 0 Å². The molecule has 0 saturated heterocycles. The summed E-state index contributed by atoms with van der Waals surface area (Å²) in [7, 11) is 0. The van der Waals surface area contributed by atoms with Crippen LogP contribution in [0, 0.1) is 27.7 Å². The maximum absolute atomic E-state index is 13.2. The Morgan fingerprint density at radius 1 is 1.03 bits per heavy atom. The molecular weight excluding hydrogens is 384 g/mol. The Morgan fingerprint density at radius 3 is 2.48 bits per heavy atom. The van der Waals surface area contributed by atoms with E-state index in [0.717, 1.165) is 28.0 Å². The maximum atomic E-state index is 13.2. The monoisotopic (exact) mass is 404 g/mol. The van der Waals surface area contributed by atoms with E-state index in [1.807, 2.05) is 64.1 Å². The average molecular weight is 405 g/mol. The summed E-state index contributed by atoms with van der Waals surface area (Å²) >= 11 is 6.20. The predicted molar refractivity (Wildman–Crippen MR) is 117 cm³/mol. The third-order valence-electron chi connectivity index (χ3n) is 4.98. The van der Waals surface area contributed by atoms with Gasteiger partial charge in [-0.25, -0.2) is 9.67 Å². The molecule has 0 fully saturated rings. The fourth-order valence-corrected chi connectivity index (χ4v) is 3.57. The zero-order valence-electron chi connectivity index (χ0n) is 16.7. The lowest BCUT2D eigenvalue weighted by Gasteiger charge is -2.11. The molecule has 0 aliphatic heterocycles. The summed E-state index contributed by atoms with van der Waals surface area (Å²) in [5.41, 5.74) is 6.30. The van der Waals surface area contributed by atoms with Gasteiger partial charge in [-0.2, -0.15) is 5.10 Å². The van der Waals surface area contributed by atoms with E-state index in [2.05, 4.69) is 15.4 Å². The number of nitrogens with one attached hydrogen (secondary N) is 1. The SMILES string of the molecule is Cc1ccc(-n2nc(C)c3c(C(=O)Nc4cccc(Cl)c4C)cc(C)nc32)cc1. The molecule has 2 aromatic carbocycles. The van der Waals surface area contributed by atoms with Crippen LogP contribution in [-0.4, -0.2) is 20.7 Å². The summed E-state index contributed by atoms with van der Waals surface area (Å²) < 4.78 is 1.79. The molecule has 1 amide bonds. The van der Waals surface area contributed by atoms with Gasteiger partial charge in [-0.1, -0.05) is 35.4 Å². The molecule has 0 atom stereocenters. The minimum Gasteiger partial charge on any atom is -0.322 e. The summed E-state index contributed by atoms with van der Waals surface area (Å²) in [6.45, 7) is 7.69. The van der Waals surface area contributed by atoms with Gasteiger partial charge in [0.15, 0.2) is 5.65 Å². The quantitative estimate of drug-likeness (QED) is 0.486. The second-order valence-electron chi connectivity index (χ2n) is 7.21. The first kappa shape index (κ1) is 19.2. The van der Waals surface area contributed by atoms with E-state index in [1.165, 1.54) is 5.56 Å². The van der Waals surface area contributed by atoms with Crippen molar-refractivity contribution in [2.75, 3.05) is 5.32 Å². The molecule has 0 saturated carbocycles. The van der Waals surface area contributed by atoms with Crippen molar-refractivity contribution in [3.8, 4) is 5.69 Å². The van der Waals surface area contributed by atoms with Gasteiger partial charge in [-0.05, 0) is 63.6 Å². The van der Waals surface area contributed by atoms with Gasteiger partial charge in [0.2, 0.25) is 0 Å². The molecule has 4 aromatic rings. The van der Waals surface area contributed by atoms with Gasteiger partial charge in [-0.3, -0.25) is 4.79 Å². The standard InChI is InChI=1S/C23H21ClN4O/c1-13-8-10-17(11-9-13)28-22-21(16(4)27-28)18(12-14(2)25-22)23(29)26-20-7-5-6-19(24)15(20)3/h5-12H,1-4H3,(H,26,29). The van der Waals surface area contributed by atoms with Gasteiger partial charge >= 0.3 is 0 Å². The fraction of sp³-hybridized carbons (Fsp3) is 0.174. The first-order valence-corrected chi connectivity index (χ1v) is 9.73. The molecule has 5 nitrogen and oxygen atoms in total. The first-order valence-electron chi connectivity index (χ1n) is 9.35. The Labute approximate surface area is 174 Å². The number of benzene rings is 2. The lowest BCUT2D eigenvalue weighted by atomic mass is 10.1. The van der Waals surface area contributed by atoms with Crippen molar-refractivity contribution >= 4 is 34.2 Å². The van der Waals surface area contributed by atoms with E-state index in [4.69, 9.17) is 11.6 Å². The number of hydrogen-bond donors (Lipinski definition) is 1. The van der Waals surface area contributed by atoms with Gasteiger partial charge in [0.1, 0.15) is 0 Å². The highest BCUT2D eigenvalue weighted by Crippen LogP contribution is 2.27. The molecule has 0 bridgehead atoms. The second kappa shape index (κ2) is 7.33. The number of anilines is 1. The van der Waals surface area contributed by atoms with E-state index in [-0.39, 0.29) is 5.91 Å². The summed E-state index contributed by atoms with van der Waals surface area (Å²) in [6.07, 6.45) is 0. The molecule has 0 radical (unpaired) electrons. The highest BCUT2D eigenvalue weighted by molar-refractivity contribution is 6.31. The molecule has 0 aliphatic carbocycles. The van der Waals surface area contributed by atoms with Crippen LogP contribution in [0.1, 0.15) is 32.9 Å². The van der Waals surface area contributed by atoms with Gasteiger partial charge in [0.05, 0.1) is 22.3 Å². The van der Waals surface area contributed by atoms with Gasteiger partial charge in [0.25, 0.3) is 5.91 Å². The Morgan fingerprint density at radius 2 is 1.76 bits per heavy atom. The first-order chi connectivity index (χ1) is 13.8. The lowest BCUT2D eigenvalue weighted by molar-refractivity contribution is 0.102. The van der Waals surface area contributed by atoms with Crippen LogP contribution in [0.4, 0.5) is 5.69 Å². The van der Waals surface area contributed by atoms with Gasteiger partial charge < -0.3 is 5.32 Å². The van der Waals surface area contributed by atoms with Crippen LogP contribution in [0.25, 0.3) is 16.7 Å². The predicted octanol–water partition coefficient (Wildman–Crippen LogP) is 5.56. The number of amides is 1. The van der Waals surface area contributed by atoms with Crippen LogP contribution >= 0.6 is 11.6 Å². The normalized spacial score (nSPS) is 11.1. The second-order valence-corrected chi connectivity index (χ2v) is 7.62. The molecule has 0 spiro atoms. The van der Waals surface area contributed by atoms with Crippen molar-refractivity contribution in [3.05, 3.63) is 81.6 Å². The molecule has 0 unspecified atom stereocenters. The smallest absolute Gasteiger partial charge is 0.256 e. The fourth-order valence-electron chi connectivity index (χ4n) is 3.39. The zero-order chi connectivity index (χ0) is 20.7. The summed E-state index contributed by atoms with van der Waals surface area (Å²) in [5.74, 6) is -0.211. The van der Waals surface area contributed by atoms with Gasteiger partial charge in [-0.15, -0.1) is 0 Å². The molecule has 6 heteroatoms. The number of fused-ring (bicyclic) bond motifs is 1. The van der Waals surface area contributed by atoms with Gasteiger partial charge in [0, 0.05) is 16.4 Å². The lowest BCUT2D eigenvalue weighted by Crippen LogP contribution is -2.14. The third kappa shape index (κ3) is 3.49. The van der Waals surface area contributed by atoms with E-state index >= 15 is 0 Å². The summed E-state index contributed by atoms with van der Waals surface area (Å²) in [4.78, 5) is 17.8. The number of rotatable bonds is 3. The minimum atomic E-state index is -0.211. The maximum Gasteiger partial charge on any atom is 0.256 e. The van der Waals surface area contributed by atoms with Crippen molar-refractivity contribution in [1.82, 2.24) is 14.8 Å². The number of halogens is 1. The van der Waals surface area contributed by atoms with E-state index < -0.39 is 0 Å².